The number of nitrogens with one attached hydrogen (secondary N) is 1. The first-order valence-electron chi connectivity index (χ1n) is 10.7. The minimum Gasteiger partial charge on any atom is -0.496 e. The lowest BCUT2D eigenvalue weighted by atomic mass is 10.1. The van der Waals surface area contributed by atoms with Crippen LogP contribution >= 0.6 is 11.8 Å². The molecule has 0 aliphatic heterocycles. The van der Waals surface area contributed by atoms with Crippen molar-refractivity contribution in [2.24, 2.45) is 0 Å². The first-order chi connectivity index (χ1) is 16.3. The van der Waals surface area contributed by atoms with Gasteiger partial charge < -0.3 is 10.1 Å². The lowest BCUT2D eigenvalue weighted by Crippen LogP contribution is -2.41. The number of hydrogen-bond donors (Lipinski definition) is 1. The van der Waals surface area contributed by atoms with Gasteiger partial charge in [-0.3, -0.25) is 9.10 Å². The quantitative estimate of drug-likeness (QED) is 0.309. The summed E-state index contributed by atoms with van der Waals surface area (Å²) in [6, 6.07) is 19.2. The molecule has 0 radical (unpaired) electrons. The Labute approximate surface area is 204 Å². The number of sulfonamides is 1. The number of hydrogen-bond acceptors (Lipinski definition) is 5. The zero-order chi connectivity index (χ0) is 24.6. The second kappa shape index (κ2) is 11.9. The highest BCUT2D eigenvalue weighted by molar-refractivity contribution is 7.98. The number of nitrogens with zero attached hydrogens (tertiary/aromatic N) is 1. The summed E-state index contributed by atoms with van der Waals surface area (Å²) in [5, 5.41) is 2.76. The van der Waals surface area contributed by atoms with Crippen molar-refractivity contribution >= 4 is 33.4 Å². The molecule has 0 saturated heterocycles. The number of amides is 1. The van der Waals surface area contributed by atoms with Gasteiger partial charge >= 0.3 is 0 Å². The summed E-state index contributed by atoms with van der Waals surface area (Å²) in [6.45, 7) is -0.110. The fourth-order valence-corrected chi connectivity index (χ4v) is 5.24. The second-order valence-electron chi connectivity index (χ2n) is 7.43. The summed E-state index contributed by atoms with van der Waals surface area (Å²) in [7, 11) is -2.49. The first kappa shape index (κ1) is 25.6. The predicted molar refractivity (Wildman–Crippen MR) is 133 cm³/mol. The highest BCUT2D eigenvalue weighted by atomic mass is 32.2. The van der Waals surface area contributed by atoms with E-state index in [1.165, 1.54) is 42.1 Å². The Balaban J connectivity index is 1.72. The van der Waals surface area contributed by atoms with E-state index in [0.29, 0.717) is 19.4 Å². The van der Waals surface area contributed by atoms with Crippen LogP contribution in [0.1, 0.15) is 12.0 Å². The number of carbonyl (C=O) groups is 1. The van der Waals surface area contributed by atoms with Crippen molar-refractivity contribution in [1.82, 2.24) is 5.32 Å². The zero-order valence-corrected chi connectivity index (χ0v) is 20.7. The topological polar surface area (TPSA) is 75.7 Å². The molecule has 34 heavy (non-hydrogen) atoms. The van der Waals surface area contributed by atoms with Crippen molar-refractivity contribution in [2.45, 2.75) is 22.6 Å². The Morgan fingerprint density at radius 3 is 2.47 bits per heavy atom. The summed E-state index contributed by atoms with van der Waals surface area (Å²) in [5.41, 5.74) is 1.11. The molecular formula is C25H27FN2O4S2. The van der Waals surface area contributed by atoms with Gasteiger partial charge in [0.2, 0.25) is 5.91 Å². The van der Waals surface area contributed by atoms with E-state index in [0.717, 1.165) is 26.6 Å². The van der Waals surface area contributed by atoms with E-state index in [-0.39, 0.29) is 10.6 Å². The van der Waals surface area contributed by atoms with Gasteiger partial charge in [-0.1, -0.05) is 24.3 Å². The number of ether oxygens (including phenoxy) is 1. The van der Waals surface area contributed by atoms with Crippen molar-refractivity contribution in [3.8, 4) is 5.75 Å². The largest absolute Gasteiger partial charge is 0.496 e. The Morgan fingerprint density at radius 1 is 1.06 bits per heavy atom. The standard InChI is InChI=1S/C25H27FN2O4S2/c1-32-24-11-4-3-7-19(24)8-6-16-27-25(29)18-28(21-10-5-9-20(26)17-21)34(30,31)23-14-12-22(33-2)13-15-23/h3-5,7,9-15,17H,6,8,16,18H2,1-2H3,(H,27,29). The molecule has 0 heterocycles. The molecule has 0 spiro atoms. The van der Waals surface area contributed by atoms with Gasteiger partial charge in [-0.2, -0.15) is 0 Å². The molecule has 3 rings (SSSR count). The van der Waals surface area contributed by atoms with Crippen LogP contribution in [0.4, 0.5) is 10.1 Å². The number of anilines is 1. The number of aryl methyl sites for hydroxylation is 1. The second-order valence-corrected chi connectivity index (χ2v) is 10.2. The van der Waals surface area contributed by atoms with Crippen molar-refractivity contribution < 1.29 is 22.3 Å². The summed E-state index contributed by atoms with van der Waals surface area (Å²) in [4.78, 5) is 13.6. The minimum absolute atomic E-state index is 0.0264. The molecule has 3 aromatic carbocycles. The molecule has 0 unspecified atom stereocenters. The highest BCUT2D eigenvalue weighted by Gasteiger charge is 2.27. The molecule has 0 aliphatic carbocycles. The van der Waals surface area contributed by atoms with Gasteiger partial charge in [0.15, 0.2) is 0 Å². The number of para-hydroxylation sites is 1. The van der Waals surface area contributed by atoms with Crippen molar-refractivity contribution in [3.63, 3.8) is 0 Å². The van der Waals surface area contributed by atoms with E-state index in [4.69, 9.17) is 4.74 Å². The molecule has 6 nitrogen and oxygen atoms in total. The first-order valence-corrected chi connectivity index (χ1v) is 13.3. The lowest BCUT2D eigenvalue weighted by Gasteiger charge is -2.24. The van der Waals surface area contributed by atoms with E-state index in [1.54, 1.807) is 19.2 Å². The number of methoxy groups -OCH3 is 1. The monoisotopic (exact) mass is 502 g/mol. The van der Waals surface area contributed by atoms with Crippen LogP contribution in [0.15, 0.2) is 82.6 Å². The molecule has 0 aliphatic rings. The molecule has 0 aromatic heterocycles. The van der Waals surface area contributed by atoms with Crippen LogP contribution in [0.25, 0.3) is 0 Å². The number of thioether (sulfide) groups is 1. The fraction of sp³-hybridized carbons (Fsp3) is 0.240. The minimum atomic E-state index is -4.09. The van der Waals surface area contributed by atoms with E-state index < -0.39 is 28.3 Å². The van der Waals surface area contributed by atoms with E-state index in [9.17, 15) is 17.6 Å². The summed E-state index contributed by atoms with van der Waals surface area (Å²) >= 11 is 1.49. The Kier molecular flexibility index (Phi) is 8.95. The average molecular weight is 503 g/mol. The Morgan fingerprint density at radius 2 is 1.79 bits per heavy atom. The maximum absolute atomic E-state index is 13.9. The smallest absolute Gasteiger partial charge is 0.264 e. The number of carbonyl (C=O) groups excluding carboxylic acids is 1. The highest BCUT2D eigenvalue weighted by Crippen LogP contribution is 2.26. The molecule has 1 amide bonds. The molecule has 0 bridgehead atoms. The van der Waals surface area contributed by atoms with Crippen LogP contribution in [0.3, 0.4) is 0 Å². The fourth-order valence-electron chi connectivity index (χ4n) is 3.42. The van der Waals surface area contributed by atoms with E-state index in [2.05, 4.69) is 5.32 Å². The van der Waals surface area contributed by atoms with E-state index in [1.807, 2.05) is 30.5 Å². The van der Waals surface area contributed by atoms with Crippen LogP contribution < -0.4 is 14.4 Å². The van der Waals surface area contributed by atoms with Crippen molar-refractivity contribution in [2.75, 3.05) is 30.8 Å². The molecule has 9 heteroatoms. The molecular weight excluding hydrogens is 475 g/mol. The third kappa shape index (κ3) is 6.51. The van der Waals surface area contributed by atoms with Crippen molar-refractivity contribution in [3.05, 3.63) is 84.2 Å². The SMILES string of the molecule is COc1ccccc1CCCNC(=O)CN(c1cccc(F)c1)S(=O)(=O)c1ccc(SC)cc1. The Bertz CT molecular complexity index is 1220. The van der Waals surface area contributed by atoms with Gasteiger partial charge in [0.25, 0.3) is 10.0 Å². The summed E-state index contributed by atoms with van der Waals surface area (Å²) in [5.74, 6) is -0.286. The maximum Gasteiger partial charge on any atom is 0.264 e. The van der Waals surface area contributed by atoms with Crippen molar-refractivity contribution in [1.29, 1.82) is 0 Å². The molecule has 1 N–H and O–H groups in total. The van der Waals surface area contributed by atoms with Gasteiger partial charge in [0.05, 0.1) is 17.7 Å². The van der Waals surface area contributed by atoms with Gasteiger partial charge in [-0.15, -0.1) is 11.8 Å². The summed E-state index contributed by atoms with van der Waals surface area (Å²) in [6.07, 6.45) is 3.23. The third-order valence-corrected chi connectivity index (χ3v) is 7.70. The van der Waals surface area contributed by atoms with Gasteiger partial charge in [-0.25, -0.2) is 12.8 Å². The molecule has 0 atom stereocenters. The van der Waals surface area contributed by atoms with Crippen LogP contribution in [-0.2, 0) is 21.2 Å². The average Bonchev–Trinajstić information content (AvgIpc) is 2.85. The molecule has 0 saturated carbocycles. The number of rotatable bonds is 11. The molecule has 3 aromatic rings. The van der Waals surface area contributed by atoms with Gasteiger partial charge in [-0.05, 0) is 73.2 Å². The van der Waals surface area contributed by atoms with E-state index >= 15 is 0 Å². The third-order valence-electron chi connectivity index (χ3n) is 5.17. The van der Waals surface area contributed by atoms with Crippen LogP contribution in [0, 0.1) is 5.82 Å². The summed E-state index contributed by atoms with van der Waals surface area (Å²) < 4.78 is 46.9. The van der Waals surface area contributed by atoms with Crippen LogP contribution in [-0.4, -0.2) is 40.8 Å². The molecule has 180 valence electrons. The normalized spacial score (nSPS) is 11.1. The molecule has 0 fully saturated rings. The lowest BCUT2D eigenvalue weighted by molar-refractivity contribution is -0.119. The maximum atomic E-state index is 13.9. The predicted octanol–water partition coefficient (Wildman–Crippen LogP) is 4.50. The van der Waals surface area contributed by atoms with Crippen LogP contribution in [0.5, 0.6) is 5.75 Å². The number of benzene rings is 3. The van der Waals surface area contributed by atoms with Gasteiger partial charge in [0, 0.05) is 11.4 Å². The van der Waals surface area contributed by atoms with Gasteiger partial charge in [0.1, 0.15) is 18.1 Å². The van der Waals surface area contributed by atoms with Crippen LogP contribution in [0.2, 0.25) is 0 Å². The Hall–Kier alpha value is -3.04. The zero-order valence-electron chi connectivity index (χ0n) is 19.0. The number of halogens is 1.